The highest BCUT2D eigenvalue weighted by Crippen LogP contribution is 2.27. The molecule has 0 spiro atoms. The summed E-state index contributed by atoms with van der Waals surface area (Å²) in [6, 6.07) is 10.3. The fourth-order valence-corrected chi connectivity index (χ4v) is 3.45. The predicted octanol–water partition coefficient (Wildman–Crippen LogP) is 4.20. The minimum atomic E-state index is 0.271. The number of hydrogen-bond donors (Lipinski definition) is 0. The highest BCUT2D eigenvalue weighted by molar-refractivity contribution is 5.76. The fourth-order valence-electron chi connectivity index (χ4n) is 3.45. The van der Waals surface area contributed by atoms with E-state index in [1.165, 1.54) is 5.56 Å². The van der Waals surface area contributed by atoms with Crippen LogP contribution in [0.4, 0.5) is 0 Å². The SMILES string of the molecule is Cc1cccc(-c2nccc(C3CCCN(C(=O)CC(C)C)C3)n2)c1. The molecule has 1 aliphatic heterocycles. The normalized spacial score (nSPS) is 17.8. The first-order valence-corrected chi connectivity index (χ1v) is 9.20. The Hall–Kier alpha value is -2.23. The Morgan fingerprint density at radius 1 is 1.32 bits per heavy atom. The van der Waals surface area contributed by atoms with Crippen molar-refractivity contribution < 1.29 is 4.79 Å². The minimum Gasteiger partial charge on any atom is -0.342 e. The number of benzene rings is 1. The molecule has 25 heavy (non-hydrogen) atoms. The van der Waals surface area contributed by atoms with Gasteiger partial charge < -0.3 is 4.90 Å². The topological polar surface area (TPSA) is 46.1 Å². The maximum absolute atomic E-state index is 12.4. The Labute approximate surface area is 150 Å². The second kappa shape index (κ2) is 7.77. The summed E-state index contributed by atoms with van der Waals surface area (Å²) in [5.41, 5.74) is 3.30. The van der Waals surface area contributed by atoms with E-state index < -0.39 is 0 Å². The van der Waals surface area contributed by atoms with Crippen LogP contribution in [0.25, 0.3) is 11.4 Å². The molecule has 1 aromatic carbocycles. The zero-order valence-corrected chi connectivity index (χ0v) is 15.4. The Morgan fingerprint density at radius 2 is 2.16 bits per heavy atom. The molecular formula is C21H27N3O. The number of amides is 1. The first kappa shape index (κ1) is 17.6. The third kappa shape index (κ3) is 4.44. The van der Waals surface area contributed by atoms with Crippen LogP contribution in [0.1, 0.15) is 50.3 Å². The average Bonchev–Trinajstić information content (AvgIpc) is 2.61. The number of aryl methyl sites for hydroxylation is 1. The van der Waals surface area contributed by atoms with Crippen LogP contribution in [0, 0.1) is 12.8 Å². The molecule has 0 radical (unpaired) electrons. The number of carbonyl (C=O) groups excluding carboxylic acids is 1. The van der Waals surface area contributed by atoms with E-state index in [9.17, 15) is 4.79 Å². The largest absolute Gasteiger partial charge is 0.342 e. The van der Waals surface area contributed by atoms with Crippen molar-refractivity contribution in [1.29, 1.82) is 0 Å². The smallest absolute Gasteiger partial charge is 0.222 e. The molecule has 1 aromatic heterocycles. The first-order valence-electron chi connectivity index (χ1n) is 9.20. The predicted molar refractivity (Wildman–Crippen MR) is 100 cm³/mol. The van der Waals surface area contributed by atoms with Gasteiger partial charge in [0.25, 0.3) is 0 Å². The molecule has 0 aliphatic carbocycles. The van der Waals surface area contributed by atoms with Crippen LogP contribution in [0.15, 0.2) is 36.5 Å². The molecule has 1 saturated heterocycles. The van der Waals surface area contributed by atoms with Gasteiger partial charge in [0.1, 0.15) is 0 Å². The second-order valence-electron chi connectivity index (χ2n) is 7.45. The Kier molecular flexibility index (Phi) is 5.47. The van der Waals surface area contributed by atoms with E-state index in [1.807, 2.05) is 29.3 Å². The van der Waals surface area contributed by atoms with Crippen molar-refractivity contribution in [2.75, 3.05) is 13.1 Å². The third-order valence-corrected chi connectivity index (χ3v) is 4.73. The van der Waals surface area contributed by atoms with Crippen LogP contribution in [0.2, 0.25) is 0 Å². The van der Waals surface area contributed by atoms with Crippen molar-refractivity contribution in [3.05, 3.63) is 47.8 Å². The van der Waals surface area contributed by atoms with Gasteiger partial charge in [-0.05, 0) is 37.8 Å². The van der Waals surface area contributed by atoms with Crippen LogP contribution in [0.3, 0.4) is 0 Å². The molecule has 2 heterocycles. The summed E-state index contributed by atoms with van der Waals surface area (Å²) in [5.74, 6) is 1.75. The lowest BCUT2D eigenvalue weighted by molar-refractivity contribution is -0.133. The van der Waals surface area contributed by atoms with Crippen LogP contribution >= 0.6 is 0 Å². The summed E-state index contributed by atoms with van der Waals surface area (Å²) < 4.78 is 0. The molecule has 2 aromatic rings. The number of carbonyl (C=O) groups is 1. The number of likely N-dealkylation sites (tertiary alicyclic amines) is 1. The fraction of sp³-hybridized carbons (Fsp3) is 0.476. The number of rotatable bonds is 4. The van der Waals surface area contributed by atoms with Gasteiger partial charge >= 0.3 is 0 Å². The van der Waals surface area contributed by atoms with Crippen LogP contribution in [-0.4, -0.2) is 33.9 Å². The zero-order valence-electron chi connectivity index (χ0n) is 15.4. The molecule has 4 nitrogen and oxygen atoms in total. The van der Waals surface area contributed by atoms with Gasteiger partial charge in [-0.2, -0.15) is 0 Å². The summed E-state index contributed by atoms with van der Waals surface area (Å²) in [7, 11) is 0. The highest BCUT2D eigenvalue weighted by Gasteiger charge is 2.26. The number of hydrogen-bond acceptors (Lipinski definition) is 3. The van der Waals surface area contributed by atoms with Crippen molar-refractivity contribution >= 4 is 5.91 Å². The molecule has 0 saturated carbocycles. The molecule has 1 atom stereocenters. The molecule has 132 valence electrons. The van der Waals surface area contributed by atoms with Gasteiger partial charge in [0.05, 0.1) is 0 Å². The molecule has 1 fully saturated rings. The number of nitrogens with zero attached hydrogens (tertiary/aromatic N) is 3. The highest BCUT2D eigenvalue weighted by atomic mass is 16.2. The summed E-state index contributed by atoms with van der Waals surface area (Å²) in [4.78, 5) is 23.7. The van der Waals surface area contributed by atoms with Gasteiger partial charge in [0, 0.05) is 42.9 Å². The van der Waals surface area contributed by atoms with Gasteiger partial charge in [0.15, 0.2) is 5.82 Å². The average molecular weight is 337 g/mol. The molecule has 1 aliphatic rings. The van der Waals surface area contributed by atoms with E-state index in [4.69, 9.17) is 4.98 Å². The standard InChI is InChI=1S/C21H27N3O/c1-15(2)12-20(25)24-11-5-8-18(14-24)19-9-10-22-21(23-19)17-7-4-6-16(3)13-17/h4,6-7,9-10,13,15,18H,5,8,11-12,14H2,1-3H3. The Balaban J connectivity index is 1.77. The lowest BCUT2D eigenvalue weighted by Gasteiger charge is -2.33. The molecule has 3 rings (SSSR count). The molecular weight excluding hydrogens is 310 g/mol. The van der Waals surface area contributed by atoms with Crippen molar-refractivity contribution in [3.63, 3.8) is 0 Å². The van der Waals surface area contributed by atoms with Gasteiger partial charge in [-0.3, -0.25) is 4.79 Å². The second-order valence-corrected chi connectivity index (χ2v) is 7.45. The maximum atomic E-state index is 12.4. The van der Waals surface area contributed by atoms with E-state index in [0.717, 1.165) is 43.0 Å². The van der Waals surface area contributed by atoms with Crippen molar-refractivity contribution in [2.24, 2.45) is 5.92 Å². The zero-order chi connectivity index (χ0) is 17.8. The summed E-state index contributed by atoms with van der Waals surface area (Å²) in [6.07, 6.45) is 4.59. The van der Waals surface area contributed by atoms with Gasteiger partial charge in [-0.25, -0.2) is 9.97 Å². The van der Waals surface area contributed by atoms with Crippen molar-refractivity contribution in [1.82, 2.24) is 14.9 Å². The molecule has 1 amide bonds. The van der Waals surface area contributed by atoms with Crippen molar-refractivity contribution in [3.8, 4) is 11.4 Å². The monoisotopic (exact) mass is 337 g/mol. The van der Waals surface area contributed by atoms with Gasteiger partial charge in [0.2, 0.25) is 5.91 Å². The van der Waals surface area contributed by atoms with Crippen LogP contribution in [-0.2, 0) is 4.79 Å². The van der Waals surface area contributed by atoms with E-state index in [0.29, 0.717) is 18.3 Å². The summed E-state index contributed by atoms with van der Waals surface area (Å²) in [5, 5.41) is 0. The number of piperidine rings is 1. The van der Waals surface area contributed by atoms with Crippen LogP contribution in [0.5, 0.6) is 0 Å². The molecule has 0 bridgehead atoms. The van der Waals surface area contributed by atoms with Crippen molar-refractivity contribution in [2.45, 2.75) is 46.0 Å². The maximum Gasteiger partial charge on any atom is 0.222 e. The lowest BCUT2D eigenvalue weighted by Crippen LogP contribution is -2.39. The molecule has 1 unspecified atom stereocenters. The number of aromatic nitrogens is 2. The summed E-state index contributed by atoms with van der Waals surface area (Å²) in [6.45, 7) is 7.91. The quantitative estimate of drug-likeness (QED) is 0.840. The summed E-state index contributed by atoms with van der Waals surface area (Å²) >= 11 is 0. The Morgan fingerprint density at radius 3 is 2.92 bits per heavy atom. The van der Waals surface area contributed by atoms with E-state index in [1.54, 1.807) is 0 Å². The first-order chi connectivity index (χ1) is 12.0. The van der Waals surface area contributed by atoms with E-state index in [2.05, 4.69) is 37.9 Å². The molecule has 0 N–H and O–H groups in total. The Bertz CT molecular complexity index is 741. The van der Waals surface area contributed by atoms with Gasteiger partial charge in [-0.1, -0.05) is 37.6 Å². The third-order valence-electron chi connectivity index (χ3n) is 4.73. The lowest BCUT2D eigenvalue weighted by atomic mass is 9.93. The minimum absolute atomic E-state index is 0.271. The van der Waals surface area contributed by atoms with E-state index in [-0.39, 0.29) is 5.91 Å². The van der Waals surface area contributed by atoms with E-state index >= 15 is 0 Å². The van der Waals surface area contributed by atoms with Crippen LogP contribution < -0.4 is 0 Å². The van der Waals surface area contributed by atoms with Gasteiger partial charge in [-0.15, -0.1) is 0 Å². The molecule has 4 heteroatoms.